The number of aliphatic hydroxyl groups is 5. The molecule has 0 bridgehead atoms. The van der Waals surface area contributed by atoms with Crippen molar-refractivity contribution in [1.29, 1.82) is 0 Å². The number of hydrogen-bond donors (Lipinski definition) is 9. The second-order valence-corrected chi connectivity index (χ2v) is 21.6. The van der Waals surface area contributed by atoms with Gasteiger partial charge in [-0.3, -0.25) is 24.5 Å². The highest BCUT2D eigenvalue weighted by molar-refractivity contribution is 9.09. The van der Waals surface area contributed by atoms with E-state index in [2.05, 4.69) is 43.8 Å². The predicted molar refractivity (Wildman–Crippen MR) is 264 cm³/mol. The molecule has 2 saturated heterocycles. The molecule has 5 fully saturated rings. The molecule has 23 heteroatoms. The zero-order chi connectivity index (χ0) is 52.9. The number of carboxylic acid groups (broad SMARTS) is 1. The first-order valence-electron chi connectivity index (χ1n) is 24.2. The number of anilines is 2. The Hall–Kier alpha value is -5.47. The van der Waals surface area contributed by atoms with E-state index in [0.717, 1.165) is 17.6 Å². The lowest BCUT2D eigenvalue weighted by atomic mass is 9.46. The van der Waals surface area contributed by atoms with Crippen molar-refractivity contribution in [2.24, 2.45) is 28.6 Å². The molecule has 0 radical (unpaired) electrons. The van der Waals surface area contributed by atoms with E-state index in [0.29, 0.717) is 35.4 Å². The smallest absolute Gasteiger partial charge is 0.413 e. The maximum absolute atomic E-state index is 14.0. The van der Waals surface area contributed by atoms with Gasteiger partial charge in [-0.2, -0.15) is 0 Å². The summed E-state index contributed by atoms with van der Waals surface area (Å²) in [5.74, 6) is -3.15. The van der Waals surface area contributed by atoms with Crippen molar-refractivity contribution < 1.29 is 83.1 Å². The van der Waals surface area contributed by atoms with Gasteiger partial charge < -0.3 is 65.0 Å². The maximum Gasteiger partial charge on any atom is 0.413 e. The average Bonchev–Trinajstić information content (AvgIpc) is 4.06. The highest BCUT2D eigenvalue weighted by atomic mass is 79.9. The molecule has 2 aromatic carbocycles. The molecule has 2 aliphatic heterocycles. The lowest BCUT2D eigenvalue weighted by Gasteiger charge is -2.59. The highest BCUT2D eigenvalue weighted by Gasteiger charge is 2.76. The average molecular weight is 1110 g/mol. The normalized spacial score (nSPS) is 33.8. The number of thiazole rings is 1. The number of aliphatic hydroxyl groups excluding tert-OH is 5. The standard InChI is InChI=1S/C51H57BrN4O17S/c1-49-13-11-28(58)17-27(49)8-9-29-30-18-35-51(34(60)21-57,50(30,2)19-32(59)40(29)49)73-46(71-35)26-6-3-24(4-7-26)16-39-55-36(23-74-39)56-48(68)69-22-25-5-10-33(31(15-25)54-37(61)12-14-53-38(62)20-52)70-47-43(65)41(63)42(64)44(72-47)45(66)67/h3-7,10-11,13,15,17,23,29-30,32,35,40-44,46-47,57,59,63-65H,8-9,12,14,16,18-22H2,1-2H3,(H,53,62)(H,54,61)(H,56,68)(H,66,67)/t29-,30-,32-,35+,40+,41-,42-,43+,44-,46-,47+,49-,50-,51+/m0/s1. The third-order valence-electron chi connectivity index (χ3n) is 15.7. The Kier molecular flexibility index (Phi) is 15.3. The molecular formula is C51H57BrN4O17S. The number of halogens is 1. The van der Waals surface area contributed by atoms with Crippen LogP contribution in [0.25, 0.3) is 0 Å². The third kappa shape index (κ3) is 9.94. The molecule has 14 atom stereocenters. The van der Waals surface area contributed by atoms with Crippen LogP contribution in [0.4, 0.5) is 16.3 Å². The minimum atomic E-state index is -1.96. The van der Waals surface area contributed by atoms with Crippen LogP contribution in [0.15, 0.2) is 71.6 Å². The van der Waals surface area contributed by atoms with Crippen molar-refractivity contribution >= 4 is 74.2 Å². The number of benzene rings is 2. The van der Waals surface area contributed by atoms with E-state index in [1.165, 1.54) is 29.5 Å². The first-order valence-corrected chi connectivity index (χ1v) is 26.2. The van der Waals surface area contributed by atoms with E-state index in [-0.39, 0.29) is 78.0 Å². The van der Waals surface area contributed by atoms with Gasteiger partial charge in [-0.15, -0.1) is 11.3 Å². The Morgan fingerprint density at radius 1 is 0.959 bits per heavy atom. The summed E-state index contributed by atoms with van der Waals surface area (Å²) < 4.78 is 29.7. The van der Waals surface area contributed by atoms with Crippen molar-refractivity contribution in [2.75, 3.05) is 29.1 Å². The lowest BCUT2D eigenvalue weighted by molar-refractivity contribution is -0.271. The zero-order valence-corrected chi connectivity index (χ0v) is 42.6. The van der Waals surface area contributed by atoms with Crippen molar-refractivity contribution in [3.05, 3.63) is 93.3 Å². The van der Waals surface area contributed by atoms with Crippen LogP contribution in [0.2, 0.25) is 0 Å². The van der Waals surface area contributed by atoms with Crippen LogP contribution < -0.4 is 20.7 Å². The topological polar surface area (TPSA) is 319 Å². The number of aromatic nitrogens is 1. The number of alkyl halides is 1. The van der Waals surface area contributed by atoms with Crippen LogP contribution >= 0.6 is 27.3 Å². The van der Waals surface area contributed by atoms with E-state index in [1.807, 2.05) is 37.3 Å². The van der Waals surface area contributed by atoms with Gasteiger partial charge in [0.05, 0.1) is 28.2 Å². The number of carboxylic acids is 1. The van der Waals surface area contributed by atoms with Crippen LogP contribution in [-0.4, -0.2) is 138 Å². The van der Waals surface area contributed by atoms with Gasteiger partial charge in [0.25, 0.3) is 0 Å². The molecule has 6 aliphatic rings. The fourth-order valence-electron chi connectivity index (χ4n) is 12.3. The number of ether oxygens (including phenoxy) is 5. The van der Waals surface area contributed by atoms with Crippen molar-refractivity contribution in [2.45, 2.75) is 114 Å². The van der Waals surface area contributed by atoms with Crippen molar-refractivity contribution in [3.63, 3.8) is 0 Å². The monoisotopic (exact) mass is 1110 g/mol. The number of nitrogens with one attached hydrogen (secondary N) is 3. The Labute approximate surface area is 436 Å². The Morgan fingerprint density at radius 3 is 2.45 bits per heavy atom. The summed E-state index contributed by atoms with van der Waals surface area (Å²) in [4.78, 5) is 80.0. The van der Waals surface area contributed by atoms with E-state index in [1.54, 1.807) is 17.5 Å². The molecule has 9 N–H and O–H groups in total. The number of ketones is 2. The summed E-state index contributed by atoms with van der Waals surface area (Å²) in [6.07, 6.45) is -5.06. The minimum Gasteiger partial charge on any atom is -0.479 e. The van der Waals surface area contributed by atoms with Crippen LogP contribution in [0.3, 0.4) is 0 Å². The predicted octanol–water partition coefficient (Wildman–Crippen LogP) is 3.20. The third-order valence-corrected chi connectivity index (χ3v) is 17.1. The van der Waals surface area contributed by atoms with Gasteiger partial charge in [-0.1, -0.05) is 71.8 Å². The number of rotatable bonds is 16. The SMILES string of the molecule is C[C@]12C=CC(=O)C=C1CC[C@@H]1[C@@H]2[C@@H](O)C[C@@]2(C)[C@H]1C[C@H]1O[C@H](c3ccc(Cc4nc(NC(=O)OCc5ccc(O[C@@H]6O[C@H](C(=O)O)[C@@H](O)[C@H](O)[C@H]6O)c(NC(=O)CCNC(=O)CBr)c5)cs4)cc3)O[C@]12C(=O)CO. The Balaban J connectivity index is 0.814. The number of hydrogen-bond acceptors (Lipinski definition) is 18. The first-order chi connectivity index (χ1) is 35.3. The molecule has 0 unspecified atom stereocenters. The fourth-order valence-corrected chi connectivity index (χ4v) is 13.2. The largest absolute Gasteiger partial charge is 0.479 e. The highest BCUT2D eigenvalue weighted by Crippen LogP contribution is 2.70. The first kappa shape index (κ1) is 53.4. The number of nitrogens with zero attached hydrogens (tertiary/aromatic N) is 1. The zero-order valence-electron chi connectivity index (χ0n) is 40.2. The number of Topliss-reactive ketones (excluding diaryl/α,β-unsaturated/α-hetero) is 1. The summed E-state index contributed by atoms with van der Waals surface area (Å²) in [7, 11) is 0. The van der Waals surface area contributed by atoms with E-state index in [9.17, 15) is 59.4 Å². The summed E-state index contributed by atoms with van der Waals surface area (Å²) >= 11 is 4.32. The second-order valence-electron chi connectivity index (χ2n) is 20.1. The van der Waals surface area contributed by atoms with Gasteiger partial charge in [0.1, 0.15) is 43.1 Å². The molecule has 3 saturated carbocycles. The number of fused-ring (bicyclic) bond motifs is 7. The summed E-state index contributed by atoms with van der Waals surface area (Å²) in [6.45, 7) is 3.01. The molecule has 3 aromatic rings. The van der Waals surface area contributed by atoms with Gasteiger partial charge in [-0.05, 0) is 72.9 Å². The van der Waals surface area contributed by atoms with E-state index < -0.39 is 96.0 Å². The van der Waals surface area contributed by atoms with Crippen LogP contribution in [0.5, 0.6) is 5.75 Å². The van der Waals surface area contributed by atoms with Crippen molar-refractivity contribution in [1.82, 2.24) is 10.3 Å². The number of carbonyl (C=O) groups is 6. The number of allylic oxidation sites excluding steroid dienone is 4. The van der Waals surface area contributed by atoms with E-state index >= 15 is 0 Å². The minimum absolute atomic E-state index is 0.0164. The molecule has 0 spiro atoms. The quantitative estimate of drug-likeness (QED) is 0.0930. The Bertz CT molecular complexity index is 2760. The lowest BCUT2D eigenvalue weighted by Crippen LogP contribution is -2.63. The van der Waals surface area contributed by atoms with E-state index in [4.69, 9.17) is 23.7 Å². The number of aliphatic carboxylic acids is 1. The van der Waals surface area contributed by atoms with Crippen molar-refractivity contribution in [3.8, 4) is 5.75 Å². The van der Waals surface area contributed by atoms with Crippen LogP contribution in [0.1, 0.15) is 73.9 Å². The summed E-state index contributed by atoms with van der Waals surface area (Å²) in [5, 5.41) is 72.8. The Morgan fingerprint density at radius 2 is 1.72 bits per heavy atom. The van der Waals surface area contributed by atoms with Gasteiger partial charge in [0.15, 0.2) is 29.6 Å². The summed E-state index contributed by atoms with van der Waals surface area (Å²) in [5.41, 5.74) is 0.0876. The molecule has 21 nitrogen and oxygen atoms in total. The number of amides is 3. The maximum atomic E-state index is 14.0. The molecule has 3 heterocycles. The molecular weight excluding hydrogens is 1050 g/mol. The van der Waals surface area contributed by atoms with Crippen LogP contribution in [-0.2, 0) is 55.9 Å². The molecule has 396 valence electrons. The molecule has 1 aromatic heterocycles. The van der Waals surface area contributed by atoms with Crippen LogP contribution in [0, 0.1) is 28.6 Å². The van der Waals surface area contributed by atoms with Gasteiger partial charge in [0, 0.05) is 47.1 Å². The second kappa shape index (κ2) is 21.3. The number of carbonyl (C=O) groups excluding carboxylic acids is 5. The fraction of sp³-hybridized carbons (Fsp3) is 0.510. The van der Waals surface area contributed by atoms with Gasteiger partial charge >= 0.3 is 12.1 Å². The van der Waals surface area contributed by atoms with Gasteiger partial charge in [0.2, 0.25) is 18.1 Å². The molecule has 74 heavy (non-hydrogen) atoms. The molecule has 4 aliphatic carbocycles. The van der Waals surface area contributed by atoms with Gasteiger partial charge in [-0.25, -0.2) is 14.6 Å². The molecule has 3 amide bonds. The molecule has 9 rings (SSSR count). The summed E-state index contributed by atoms with van der Waals surface area (Å²) in [6, 6.07) is 11.6.